The van der Waals surface area contributed by atoms with E-state index in [-0.39, 0.29) is 18.6 Å². The molecule has 11 nitrogen and oxygen atoms in total. The third kappa shape index (κ3) is 4.63. The lowest BCUT2D eigenvalue weighted by Gasteiger charge is -2.16. The summed E-state index contributed by atoms with van der Waals surface area (Å²) in [6.45, 7) is 2.76. The van der Waals surface area contributed by atoms with E-state index in [1.807, 2.05) is 0 Å². The van der Waals surface area contributed by atoms with Crippen molar-refractivity contribution < 1.29 is 29.3 Å². The van der Waals surface area contributed by atoms with Crippen LogP contribution in [0.15, 0.2) is 12.1 Å². The zero-order chi connectivity index (χ0) is 18.4. The lowest BCUT2D eigenvalue weighted by molar-refractivity contribution is -0.396. The van der Waals surface area contributed by atoms with Gasteiger partial charge in [0.1, 0.15) is 6.04 Å². The molecule has 0 saturated heterocycles. The first-order valence-electron chi connectivity index (χ1n) is 6.75. The normalized spacial score (nSPS) is 11.4. The van der Waals surface area contributed by atoms with Gasteiger partial charge in [0.25, 0.3) is 5.75 Å². The number of carbonyl (C=O) groups excluding carboxylic acids is 2. The fourth-order valence-corrected chi connectivity index (χ4v) is 1.97. The molecule has 1 aromatic rings. The number of phenolic OH excluding ortho intramolecular Hbond substituents is 1. The summed E-state index contributed by atoms with van der Waals surface area (Å²) in [6.07, 6.45) is -0.277. The summed E-state index contributed by atoms with van der Waals surface area (Å²) in [5.41, 5.74) is -1.73. The largest absolute Gasteiger partial charge is 0.497 e. The highest BCUT2D eigenvalue weighted by Crippen LogP contribution is 2.36. The highest BCUT2D eigenvalue weighted by Gasteiger charge is 2.29. The van der Waals surface area contributed by atoms with Crippen molar-refractivity contribution in [3.8, 4) is 5.75 Å². The second kappa shape index (κ2) is 7.85. The average molecular weight is 341 g/mol. The lowest BCUT2D eigenvalue weighted by Crippen LogP contribution is -2.42. The first-order chi connectivity index (χ1) is 11.2. The third-order valence-corrected chi connectivity index (χ3v) is 2.91. The molecule has 0 aliphatic carbocycles. The lowest BCUT2D eigenvalue weighted by atomic mass is 10.0. The average Bonchev–Trinajstić information content (AvgIpc) is 2.47. The molecule has 24 heavy (non-hydrogen) atoms. The van der Waals surface area contributed by atoms with Crippen LogP contribution in [-0.2, 0) is 20.7 Å². The molecular formula is C13H15N3O8. The summed E-state index contributed by atoms with van der Waals surface area (Å²) in [4.78, 5) is 42.9. The van der Waals surface area contributed by atoms with Crippen molar-refractivity contribution in [3.05, 3.63) is 37.9 Å². The van der Waals surface area contributed by atoms with Crippen molar-refractivity contribution in [2.45, 2.75) is 26.3 Å². The molecule has 2 N–H and O–H groups in total. The standard InChI is InChI=1S/C13H15N3O8/c1-3-24-13(19)9(14-7(2)17)4-8-5-10(15(20)21)12(18)11(6-8)16(22)23/h5-6,9,18H,3-4H2,1-2H3,(H,14,17)/t9-/m0/s1. The number of aromatic hydroxyl groups is 1. The van der Waals surface area contributed by atoms with Gasteiger partial charge in [-0.3, -0.25) is 25.0 Å². The van der Waals surface area contributed by atoms with Crippen LogP contribution in [0.2, 0.25) is 0 Å². The van der Waals surface area contributed by atoms with Crippen LogP contribution in [0, 0.1) is 20.2 Å². The van der Waals surface area contributed by atoms with Crippen molar-refractivity contribution in [2.24, 2.45) is 0 Å². The maximum atomic E-state index is 11.8. The Balaban J connectivity index is 3.27. The van der Waals surface area contributed by atoms with E-state index in [4.69, 9.17) is 4.74 Å². The molecule has 0 aliphatic heterocycles. The van der Waals surface area contributed by atoms with Gasteiger partial charge < -0.3 is 15.2 Å². The van der Waals surface area contributed by atoms with Crippen LogP contribution in [0.5, 0.6) is 5.75 Å². The van der Waals surface area contributed by atoms with Crippen LogP contribution >= 0.6 is 0 Å². The molecule has 0 heterocycles. The van der Waals surface area contributed by atoms with Gasteiger partial charge in [-0.05, 0) is 12.5 Å². The van der Waals surface area contributed by atoms with Gasteiger partial charge in [0, 0.05) is 25.5 Å². The van der Waals surface area contributed by atoms with Crippen LogP contribution in [-0.4, -0.2) is 39.5 Å². The van der Waals surface area contributed by atoms with E-state index in [1.54, 1.807) is 6.92 Å². The molecule has 1 atom stereocenters. The second-order valence-electron chi connectivity index (χ2n) is 4.71. The van der Waals surface area contributed by atoms with E-state index in [0.717, 1.165) is 19.1 Å². The van der Waals surface area contributed by atoms with E-state index in [2.05, 4.69) is 5.32 Å². The Morgan fingerprint density at radius 2 is 1.75 bits per heavy atom. The molecule has 0 fully saturated rings. The Morgan fingerprint density at radius 1 is 1.25 bits per heavy atom. The summed E-state index contributed by atoms with van der Waals surface area (Å²) in [7, 11) is 0. The first kappa shape index (κ1) is 18.8. The van der Waals surface area contributed by atoms with Gasteiger partial charge in [-0.25, -0.2) is 4.79 Å². The number of amides is 1. The maximum Gasteiger partial charge on any atom is 0.328 e. The molecule has 0 saturated carbocycles. The molecule has 0 aromatic heterocycles. The maximum absolute atomic E-state index is 11.8. The van der Waals surface area contributed by atoms with Gasteiger partial charge in [0.2, 0.25) is 5.91 Å². The molecule has 0 radical (unpaired) electrons. The molecule has 1 aromatic carbocycles. The number of rotatable bonds is 7. The van der Waals surface area contributed by atoms with Gasteiger partial charge in [-0.1, -0.05) is 0 Å². The minimum Gasteiger partial charge on any atom is -0.497 e. The summed E-state index contributed by atoms with van der Waals surface area (Å²) < 4.78 is 4.79. The summed E-state index contributed by atoms with van der Waals surface area (Å²) in [6, 6.07) is 0.624. The first-order valence-corrected chi connectivity index (χ1v) is 6.75. The quantitative estimate of drug-likeness (QED) is 0.418. The van der Waals surface area contributed by atoms with Gasteiger partial charge in [0.05, 0.1) is 16.5 Å². The van der Waals surface area contributed by atoms with Crippen molar-refractivity contribution >= 4 is 23.3 Å². The van der Waals surface area contributed by atoms with Crippen molar-refractivity contribution in [3.63, 3.8) is 0 Å². The van der Waals surface area contributed by atoms with Crippen LogP contribution in [0.4, 0.5) is 11.4 Å². The van der Waals surface area contributed by atoms with Crippen molar-refractivity contribution in [1.29, 1.82) is 0 Å². The van der Waals surface area contributed by atoms with Gasteiger partial charge in [0.15, 0.2) is 0 Å². The Bertz CT molecular complexity index is 653. The fourth-order valence-electron chi connectivity index (χ4n) is 1.97. The summed E-state index contributed by atoms with van der Waals surface area (Å²) in [5.74, 6) is -2.41. The van der Waals surface area contributed by atoms with Crippen LogP contribution < -0.4 is 5.32 Å². The fraction of sp³-hybridized carbons (Fsp3) is 0.385. The molecule has 130 valence electrons. The number of nitro groups is 2. The number of esters is 1. The second-order valence-corrected chi connectivity index (χ2v) is 4.71. The Labute approximate surface area is 135 Å². The zero-order valence-electron chi connectivity index (χ0n) is 12.8. The van der Waals surface area contributed by atoms with E-state index in [0.29, 0.717) is 0 Å². The third-order valence-electron chi connectivity index (χ3n) is 2.91. The number of ether oxygens (including phenoxy) is 1. The smallest absolute Gasteiger partial charge is 0.328 e. The van der Waals surface area contributed by atoms with Crippen LogP contribution in [0.3, 0.4) is 0 Å². The Morgan fingerprint density at radius 3 is 2.12 bits per heavy atom. The molecule has 1 amide bonds. The number of carbonyl (C=O) groups is 2. The SMILES string of the molecule is CCOC(=O)[C@H](Cc1cc([N+](=O)[O-])c(O)c([N+](=O)[O-])c1)NC(C)=O. The molecule has 0 aliphatic rings. The number of hydrogen-bond acceptors (Lipinski definition) is 8. The highest BCUT2D eigenvalue weighted by atomic mass is 16.6. The summed E-state index contributed by atoms with van der Waals surface area (Å²) >= 11 is 0. The van der Waals surface area contributed by atoms with Crippen LogP contribution in [0.1, 0.15) is 19.4 Å². The topological polar surface area (TPSA) is 162 Å². The van der Waals surface area contributed by atoms with E-state index in [9.17, 15) is 34.9 Å². The number of benzene rings is 1. The number of phenols is 1. The molecule has 0 bridgehead atoms. The van der Waals surface area contributed by atoms with Crippen molar-refractivity contribution in [1.82, 2.24) is 5.32 Å². The Hall–Kier alpha value is -3.24. The molecule has 11 heteroatoms. The molecule has 0 spiro atoms. The predicted octanol–water partition coefficient (Wildman–Crippen LogP) is 0.819. The van der Waals surface area contributed by atoms with E-state index in [1.165, 1.54) is 0 Å². The minimum atomic E-state index is -1.17. The number of nitrogens with one attached hydrogen (secondary N) is 1. The highest BCUT2D eigenvalue weighted by molar-refractivity contribution is 5.83. The molecule has 0 unspecified atom stereocenters. The van der Waals surface area contributed by atoms with E-state index < -0.39 is 44.9 Å². The number of nitrogens with zero attached hydrogens (tertiary/aromatic N) is 2. The minimum absolute atomic E-state index is 0.0120. The van der Waals surface area contributed by atoms with Gasteiger partial charge in [-0.15, -0.1) is 0 Å². The number of hydrogen-bond donors (Lipinski definition) is 2. The Kier molecular flexibility index (Phi) is 6.15. The van der Waals surface area contributed by atoms with Gasteiger partial charge in [-0.2, -0.15) is 0 Å². The van der Waals surface area contributed by atoms with Gasteiger partial charge >= 0.3 is 17.3 Å². The monoisotopic (exact) mass is 341 g/mol. The predicted molar refractivity (Wildman–Crippen MR) is 79.4 cm³/mol. The molecule has 1 rings (SSSR count). The van der Waals surface area contributed by atoms with Crippen LogP contribution in [0.25, 0.3) is 0 Å². The zero-order valence-corrected chi connectivity index (χ0v) is 12.8. The molecular weight excluding hydrogens is 326 g/mol. The van der Waals surface area contributed by atoms with E-state index >= 15 is 0 Å². The number of nitro benzene ring substituents is 2. The van der Waals surface area contributed by atoms with Crippen molar-refractivity contribution in [2.75, 3.05) is 6.61 Å². The summed E-state index contributed by atoms with van der Waals surface area (Å²) in [5, 5.41) is 33.7.